The van der Waals surface area contributed by atoms with E-state index in [1.54, 1.807) is 12.3 Å². The molecule has 3 rings (SSSR count). The normalized spacial score (nSPS) is 10.5. The van der Waals surface area contributed by atoms with Gasteiger partial charge in [-0.15, -0.1) is 0 Å². The van der Waals surface area contributed by atoms with Crippen LogP contribution in [0.5, 0.6) is 0 Å². The van der Waals surface area contributed by atoms with Crippen molar-refractivity contribution < 1.29 is 0 Å². The zero-order chi connectivity index (χ0) is 15.5. The van der Waals surface area contributed by atoms with Gasteiger partial charge < -0.3 is 11.1 Å². The maximum atomic E-state index is 6.05. The van der Waals surface area contributed by atoms with Crippen LogP contribution in [0.3, 0.4) is 0 Å². The first-order valence-electron chi connectivity index (χ1n) is 6.83. The third-order valence-corrected chi connectivity index (χ3v) is 3.40. The van der Waals surface area contributed by atoms with E-state index in [0.717, 1.165) is 16.9 Å². The van der Waals surface area contributed by atoms with Gasteiger partial charge in [-0.25, -0.2) is 9.97 Å². The minimum Gasteiger partial charge on any atom is -0.399 e. The Morgan fingerprint density at radius 2 is 1.82 bits per heavy atom. The second-order valence-corrected chi connectivity index (χ2v) is 5.47. The summed E-state index contributed by atoms with van der Waals surface area (Å²) >= 11 is 6.05. The summed E-state index contributed by atoms with van der Waals surface area (Å²) in [6.07, 6.45) is 1.70. The predicted octanol–water partition coefficient (Wildman–Crippen LogP) is 4.43. The molecule has 3 aromatic rings. The molecule has 0 radical (unpaired) electrons. The number of nitrogens with one attached hydrogen (secondary N) is 1. The smallest absolute Gasteiger partial charge is 0.227 e. The van der Waals surface area contributed by atoms with Gasteiger partial charge >= 0.3 is 0 Å². The monoisotopic (exact) mass is 310 g/mol. The van der Waals surface area contributed by atoms with Crippen LogP contribution in [0.25, 0.3) is 11.3 Å². The Bertz CT molecular complexity index is 780. The number of nitrogens with zero attached hydrogens (tertiary/aromatic N) is 2. The maximum Gasteiger partial charge on any atom is 0.227 e. The van der Waals surface area contributed by atoms with E-state index < -0.39 is 0 Å². The first-order chi connectivity index (χ1) is 10.6. The Morgan fingerprint density at radius 1 is 1.05 bits per heavy atom. The van der Waals surface area contributed by atoms with Gasteiger partial charge in [0.15, 0.2) is 0 Å². The summed E-state index contributed by atoms with van der Waals surface area (Å²) in [7, 11) is 0. The molecule has 110 valence electrons. The molecule has 0 aliphatic carbocycles. The fourth-order valence-electron chi connectivity index (χ4n) is 2.11. The van der Waals surface area contributed by atoms with Crippen molar-refractivity contribution in [1.29, 1.82) is 0 Å². The Hall–Kier alpha value is -2.59. The van der Waals surface area contributed by atoms with E-state index in [0.29, 0.717) is 16.7 Å². The van der Waals surface area contributed by atoms with Crippen LogP contribution < -0.4 is 11.1 Å². The average Bonchev–Trinajstić information content (AvgIpc) is 2.49. The number of hydrogen-bond donors (Lipinski definition) is 2. The van der Waals surface area contributed by atoms with E-state index in [1.807, 2.05) is 49.4 Å². The molecule has 1 heterocycles. The largest absolute Gasteiger partial charge is 0.399 e. The average molecular weight is 311 g/mol. The number of rotatable bonds is 3. The van der Waals surface area contributed by atoms with E-state index in [1.165, 1.54) is 5.56 Å². The molecule has 2 aromatic carbocycles. The molecule has 0 saturated heterocycles. The fourth-order valence-corrected chi connectivity index (χ4v) is 2.35. The Labute approximate surface area is 134 Å². The number of halogens is 1. The molecule has 22 heavy (non-hydrogen) atoms. The highest BCUT2D eigenvalue weighted by Crippen LogP contribution is 2.25. The highest BCUT2D eigenvalue weighted by Gasteiger charge is 2.05. The van der Waals surface area contributed by atoms with E-state index in [4.69, 9.17) is 17.3 Å². The van der Waals surface area contributed by atoms with Crippen LogP contribution in [0, 0.1) is 6.92 Å². The van der Waals surface area contributed by atoms with Crippen molar-refractivity contribution in [3.05, 3.63) is 65.3 Å². The summed E-state index contributed by atoms with van der Waals surface area (Å²) in [5.41, 5.74) is 10.2. The van der Waals surface area contributed by atoms with Crippen molar-refractivity contribution >= 4 is 28.9 Å². The Morgan fingerprint density at radius 3 is 2.55 bits per heavy atom. The van der Waals surface area contributed by atoms with Crippen molar-refractivity contribution in [2.24, 2.45) is 0 Å². The van der Waals surface area contributed by atoms with Gasteiger partial charge in [-0.1, -0.05) is 29.3 Å². The highest BCUT2D eigenvalue weighted by atomic mass is 35.5. The van der Waals surface area contributed by atoms with E-state index in [2.05, 4.69) is 15.3 Å². The molecular formula is C17H15ClN4. The van der Waals surface area contributed by atoms with Gasteiger partial charge in [0.1, 0.15) is 0 Å². The van der Waals surface area contributed by atoms with Crippen LogP contribution in [-0.4, -0.2) is 9.97 Å². The minimum absolute atomic E-state index is 0.528. The van der Waals surface area contributed by atoms with Crippen molar-refractivity contribution in [3.8, 4) is 11.3 Å². The fraction of sp³-hybridized carbons (Fsp3) is 0.0588. The van der Waals surface area contributed by atoms with Crippen LogP contribution in [-0.2, 0) is 0 Å². The van der Waals surface area contributed by atoms with Gasteiger partial charge in [0.25, 0.3) is 0 Å². The molecule has 3 N–H and O–H groups in total. The van der Waals surface area contributed by atoms with Gasteiger partial charge in [0, 0.05) is 28.2 Å². The predicted molar refractivity (Wildman–Crippen MR) is 91.4 cm³/mol. The molecule has 0 unspecified atom stereocenters. The second-order valence-electron chi connectivity index (χ2n) is 5.03. The van der Waals surface area contributed by atoms with Crippen molar-refractivity contribution in [2.45, 2.75) is 6.92 Å². The minimum atomic E-state index is 0.528. The third kappa shape index (κ3) is 3.35. The molecule has 0 bridgehead atoms. The summed E-state index contributed by atoms with van der Waals surface area (Å²) in [5.74, 6) is 0.528. The van der Waals surface area contributed by atoms with Gasteiger partial charge in [-0.2, -0.15) is 0 Å². The van der Waals surface area contributed by atoms with Crippen LogP contribution in [0.15, 0.2) is 54.7 Å². The molecule has 0 atom stereocenters. The van der Waals surface area contributed by atoms with E-state index in [9.17, 15) is 0 Å². The lowest BCUT2D eigenvalue weighted by atomic mass is 10.1. The lowest BCUT2D eigenvalue weighted by Crippen LogP contribution is -1.98. The maximum absolute atomic E-state index is 6.05. The Balaban J connectivity index is 1.90. The SMILES string of the molecule is Cc1ccc(Nc2nccc(-c3cc(N)cc(Cl)c3)n2)cc1. The van der Waals surface area contributed by atoms with Crippen LogP contribution >= 0.6 is 11.6 Å². The van der Waals surface area contributed by atoms with Gasteiger partial charge in [-0.3, -0.25) is 0 Å². The van der Waals surface area contributed by atoms with Crippen LogP contribution in [0.4, 0.5) is 17.3 Å². The highest BCUT2D eigenvalue weighted by molar-refractivity contribution is 6.31. The van der Waals surface area contributed by atoms with Crippen molar-refractivity contribution in [3.63, 3.8) is 0 Å². The topological polar surface area (TPSA) is 63.8 Å². The number of aromatic nitrogens is 2. The van der Waals surface area contributed by atoms with Gasteiger partial charge in [0.05, 0.1) is 5.69 Å². The quantitative estimate of drug-likeness (QED) is 0.702. The standard InChI is InChI=1S/C17H15ClN4/c1-11-2-4-15(5-3-11)21-17-20-7-6-16(22-17)12-8-13(18)10-14(19)9-12/h2-10H,19H2,1H3,(H,20,21,22). The number of aryl methyl sites for hydroxylation is 1. The van der Waals surface area contributed by atoms with Gasteiger partial charge in [0.2, 0.25) is 5.95 Å². The first-order valence-corrected chi connectivity index (χ1v) is 7.21. The lowest BCUT2D eigenvalue weighted by molar-refractivity contribution is 1.17. The molecule has 0 amide bonds. The summed E-state index contributed by atoms with van der Waals surface area (Å²) in [6, 6.07) is 15.2. The molecule has 1 aromatic heterocycles. The van der Waals surface area contributed by atoms with E-state index in [-0.39, 0.29) is 0 Å². The molecule has 0 aliphatic rings. The summed E-state index contributed by atoms with van der Waals surface area (Å²) in [4.78, 5) is 8.75. The third-order valence-electron chi connectivity index (χ3n) is 3.18. The molecular weight excluding hydrogens is 296 g/mol. The molecule has 0 saturated carbocycles. The molecule has 0 spiro atoms. The van der Waals surface area contributed by atoms with Crippen molar-refractivity contribution in [2.75, 3.05) is 11.1 Å². The summed E-state index contributed by atoms with van der Waals surface area (Å²) in [6.45, 7) is 2.05. The zero-order valence-corrected chi connectivity index (χ0v) is 12.8. The second kappa shape index (κ2) is 6.03. The van der Waals surface area contributed by atoms with Crippen LogP contribution in [0.1, 0.15) is 5.56 Å². The number of hydrogen-bond acceptors (Lipinski definition) is 4. The van der Waals surface area contributed by atoms with Crippen LogP contribution in [0.2, 0.25) is 5.02 Å². The molecule has 4 nitrogen and oxygen atoms in total. The first kappa shape index (κ1) is 14.4. The zero-order valence-electron chi connectivity index (χ0n) is 12.0. The lowest BCUT2D eigenvalue weighted by Gasteiger charge is -2.08. The Kier molecular flexibility index (Phi) is 3.94. The number of anilines is 3. The van der Waals surface area contributed by atoms with Crippen molar-refractivity contribution in [1.82, 2.24) is 9.97 Å². The van der Waals surface area contributed by atoms with Gasteiger partial charge in [-0.05, 0) is 43.3 Å². The summed E-state index contributed by atoms with van der Waals surface area (Å²) < 4.78 is 0. The molecule has 0 aliphatic heterocycles. The van der Waals surface area contributed by atoms with E-state index >= 15 is 0 Å². The molecule has 5 heteroatoms. The number of nitrogen functional groups attached to an aromatic ring is 1. The number of benzene rings is 2. The summed E-state index contributed by atoms with van der Waals surface area (Å²) in [5, 5.41) is 3.77. The number of nitrogens with two attached hydrogens (primary N) is 1. The molecule has 0 fully saturated rings.